The van der Waals surface area contributed by atoms with Crippen LogP contribution < -0.4 is 5.56 Å². The van der Waals surface area contributed by atoms with Crippen LogP contribution in [0.1, 0.15) is 21.6 Å². The first-order valence-electron chi connectivity index (χ1n) is 5.98. The van der Waals surface area contributed by atoms with Gasteiger partial charge in [-0.05, 0) is 24.3 Å². The highest BCUT2D eigenvalue weighted by atomic mass is 19.1. The van der Waals surface area contributed by atoms with Crippen LogP contribution in [0.15, 0.2) is 29.1 Å². The lowest BCUT2D eigenvalue weighted by Gasteiger charge is -2.26. The molecule has 0 spiro atoms. The summed E-state index contributed by atoms with van der Waals surface area (Å²) in [6.45, 7) is 0.821. The van der Waals surface area contributed by atoms with Gasteiger partial charge in [0.2, 0.25) is 0 Å². The number of nitrogens with zero attached hydrogens (tertiary/aromatic N) is 1. The van der Waals surface area contributed by atoms with Gasteiger partial charge in [-0.15, -0.1) is 0 Å². The zero-order valence-corrected chi connectivity index (χ0v) is 10.1. The van der Waals surface area contributed by atoms with E-state index in [1.54, 1.807) is 4.90 Å². The Morgan fingerprint density at radius 1 is 1.21 bits per heavy atom. The molecule has 0 fully saturated rings. The van der Waals surface area contributed by atoms with E-state index in [1.165, 1.54) is 24.3 Å². The SMILES string of the molecule is O=C(c1ccc(F)cc1)N1CCc2[nH][nH]c(=O)c2C1. The van der Waals surface area contributed by atoms with Crippen LogP contribution in [0.3, 0.4) is 0 Å². The Bertz CT molecular complexity index is 672. The minimum absolute atomic E-state index is 0.188. The smallest absolute Gasteiger partial charge is 0.269 e. The number of aromatic nitrogens is 2. The molecule has 0 unspecified atom stereocenters. The summed E-state index contributed by atoms with van der Waals surface area (Å²) in [6, 6.07) is 5.42. The van der Waals surface area contributed by atoms with Crippen molar-refractivity contribution in [1.29, 1.82) is 0 Å². The molecule has 0 saturated heterocycles. The minimum Gasteiger partial charge on any atom is -0.334 e. The molecule has 1 amide bonds. The normalized spacial score (nSPS) is 14.3. The molecule has 5 nitrogen and oxygen atoms in total. The quantitative estimate of drug-likeness (QED) is 0.805. The maximum atomic E-state index is 12.8. The van der Waals surface area contributed by atoms with Crippen molar-refractivity contribution in [3.05, 3.63) is 57.3 Å². The van der Waals surface area contributed by atoms with Crippen LogP contribution in [0, 0.1) is 5.82 Å². The zero-order valence-electron chi connectivity index (χ0n) is 10.1. The van der Waals surface area contributed by atoms with E-state index in [1.807, 2.05) is 0 Å². The van der Waals surface area contributed by atoms with Crippen LogP contribution in [-0.2, 0) is 13.0 Å². The second kappa shape index (κ2) is 4.38. The van der Waals surface area contributed by atoms with Crippen LogP contribution in [0.2, 0.25) is 0 Å². The van der Waals surface area contributed by atoms with Gasteiger partial charge in [0.1, 0.15) is 5.82 Å². The Kier molecular flexibility index (Phi) is 2.70. The number of halogens is 1. The van der Waals surface area contributed by atoms with Crippen LogP contribution in [0.4, 0.5) is 4.39 Å². The van der Waals surface area contributed by atoms with Gasteiger partial charge in [-0.1, -0.05) is 0 Å². The number of rotatable bonds is 1. The Morgan fingerprint density at radius 2 is 1.95 bits per heavy atom. The average molecular weight is 261 g/mol. The number of H-pyrrole nitrogens is 2. The fraction of sp³-hybridized carbons (Fsp3) is 0.231. The first-order chi connectivity index (χ1) is 9.15. The maximum Gasteiger partial charge on any atom is 0.269 e. The van der Waals surface area contributed by atoms with Gasteiger partial charge in [0, 0.05) is 24.2 Å². The van der Waals surface area contributed by atoms with Crippen molar-refractivity contribution < 1.29 is 9.18 Å². The van der Waals surface area contributed by atoms with E-state index in [4.69, 9.17) is 0 Å². The average Bonchev–Trinajstić information content (AvgIpc) is 2.80. The number of hydrogen-bond donors (Lipinski definition) is 2. The second-order valence-electron chi connectivity index (χ2n) is 4.52. The van der Waals surface area contributed by atoms with Gasteiger partial charge in [0.05, 0.1) is 12.1 Å². The number of amides is 1. The van der Waals surface area contributed by atoms with E-state index in [9.17, 15) is 14.0 Å². The summed E-state index contributed by atoms with van der Waals surface area (Å²) in [4.78, 5) is 25.4. The molecule has 98 valence electrons. The highest BCUT2D eigenvalue weighted by Crippen LogP contribution is 2.16. The van der Waals surface area contributed by atoms with Gasteiger partial charge in [0.25, 0.3) is 11.5 Å². The predicted molar refractivity (Wildman–Crippen MR) is 66.3 cm³/mol. The lowest BCUT2D eigenvalue weighted by atomic mass is 10.1. The van der Waals surface area contributed by atoms with Crippen molar-refractivity contribution in [3.8, 4) is 0 Å². The van der Waals surface area contributed by atoms with Crippen molar-refractivity contribution in [3.63, 3.8) is 0 Å². The summed E-state index contributed by atoms with van der Waals surface area (Å²) in [5.74, 6) is -0.564. The number of benzene rings is 1. The summed E-state index contributed by atoms with van der Waals surface area (Å²) in [5.41, 5.74) is 1.69. The molecule has 1 aliphatic heterocycles. The van der Waals surface area contributed by atoms with Gasteiger partial charge in [-0.2, -0.15) is 0 Å². The third-order valence-corrected chi connectivity index (χ3v) is 3.32. The van der Waals surface area contributed by atoms with Gasteiger partial charge < -0.3 is 10.00 Å². The number of carbonyl (C=O) groups is 1. The second-order valence-corrected chi connectivity index (χ2v) is 4.52. The van der Waals surface area contributed by atoms with Crippen LogP contribution >= 0.6 is 0 Å². The Morgan fingerprint density at radius 3 is 2.68 bits per heavy atom. The molecular formula is C13H12FN3O2. The van der Waals surface area contributed by atoms with Crippen LogP contribution in [-0.4, -0.2) is 27.5 Å². The molecule has 3 rings (SSSR count). The van der Waals surface area contributed by atoms with Crippen molar-refractivity contribution in [2.75, 3.05) is 6.54 Å². The van der Waals surface area contributed by atoms with Crippen molar-refractivity contribution >= 4 is 5.91 Å². The predicted octanol–water partition coefficient (Wildman–Crippen LogP) is 1.04. The van der Waals surface area contributed by atoms with Gasteiger partial charge >= 0.3 is 0 Å². The molecule has 1 aromatic carbocycles. The molecule has 6 heteroatoms. The van der Waals surface area contributed by atoms with Crippen molar-refractivity contribution in [2.24, 2.45) is 0 Å². The molecule has 0 bridgehead atoms. The molecule has 2 aromatic rings. The Balaban J connectivity index is 1.85. The highest BCUT2D eigenvalue weighted by Gasteiger charge is 2.24. The lowest BCUT2D eigenvalue weighted by molar-refractivity contribution is 0.0734. The molecule has 0 aliphatic carbocycles. The monoisotopic (exact) mass is 261 g/mol. The first-order valence-corrected chi connectivity index (χ1v) is 5.98. The van der Waals surface area contributed by atoms with E-state index in [-0.39, 0.29) is 23.8 Å². The van der Waals surface area contributed by atoms with Crippen LogP contribution in [0.25, 0.3) is 0 Å². The Labute approximate surface area is 108 Å². The molecule has 0 saturated carbocycles. The van der Waals surface area contributed by atoms with Crippen LogP contribution in [0.5, 0.6) is 0 Å². The first kappa shape index (κ1) is 11.7. The zero-order chi connectivity index (χ0) is 13.4. The summed E-state index contributed by atoms with van der Waals surface area (Å²) in [5, 5.41) is 5.33. The van der Waals surface area contributed by atoms with E-state index in [2.05, 4.69) is 10.2 Å². The molecule has 0 atom stereocenters. The van der Waals surface area contributed by atoms with Gasteiger partial charge in [-0.3, -0.25) is 14.7 Å². The lowest BCUT2D eigenvalue weighted by Crippen LogP contribution is -2.37. The van der Waals surface area contributed by atoms with E-state index < -0.39 is 0 Å². The number of nitrogens with one attached hydrogen (secondary N) is 2. The third-order valence-electron chi connectivity index (χ3n) is 3.32. The summed E-state index contributed by atoms with van der Waals surface area (Å²) >= 11 is 0. The fourth-order valence-electron chi connectivity index (χ4n) is 2.27. The standard InChI is InChI=1S/C13H12FN3O2/c14-9-3-1-8(2-4-9)13(19)17-6-5-11-10(7-17)12(18)16-15-11/h1-4H,5-7H2,(H2,15,16,18). The van der Waals surface area contributed by atoms with E-state index in [0.29, 0.717) is 24.1 Å². The minimum atomic E-state index is -0.375. The number of fused-ring (bicyclic) bond motifs is 1. The van der Waals surface area contributed by atoms with Gasteiger partial charge in [0.15, 0.2) is 0 Å². The Hall–Kier alpha value is -2.37. The number of aromatic amines is 2. The fourth-order valence-corrected chi connectivity index (χ4v) is 2.27. The largest absolute Gasteiger partial charge is 0.334 e. The molecule has 1 aromatic heterocycles. The molecule has 19 heavy (non-hydrogen) atoms. The molecule has 2 heterocycles. The highest BCUT2D eigenvalue weighted by molar-refractivity contribution is 5.94. The molecule has 2 N–H and O–H groups in total. The van der Waals surface area contributed by atoms with Crippen molar-refractivity contribution in [1.82, 2.24) is 15.1 Å². The van der Waals surface area contributed by atoms with E-state index >= 15 is 0 Å². The maximum absolute atomic E-state index is 12.8. The summed E-state index contributed by atoms with van der Waals surface area (Å²) < 4.78 is 12.8. The molecule has 1 aliphatic rings. The molecule has 0 radical (unpaired) electrons. The summed E-state index contributed by atoms with van der Waals surface area (Å²) in [6.07, 6.45) is 0.612. The topological polar surface area (TPSA) is 69.0 Å². The molecular weight excluding hydrogens is 249 g/mol. The summed E-state index contributed by atoms with van der Waals surface area (Å²) in [7, 11) is 0. The third kappa shape index (κ3) is 2.05. The van der Waals surface area contributed by atoms with Gasteiger partial charge in [-0.25, -0.2) is 4.39 Å². The van der Waals surface area contributed by atoms with Crippen molar-refractivity contribution in [2.45, 2.75) is 13.0 Å². The van der Waals surface area contributed by atoms with E-state index in [0.717, 1.165) is 5.69 Å². The number of carbonyl (C=O) groups excluding carboxylic acids is 1. The number of hydrogen-bond acceptors (Lipinski definition) is 2.